The molecule has 13 heavy (non-hydrogen) atoms. The molecule has 1 heterocycles. The van der Waals surface area contributed by atoms with Crippen molar-refractivity contribution >= 4 is 11.3 Å². The second kappa shape index (κ2) is 4.40. The maximum absolute atomic E-state index is 5.29. The zero-order chi connectivity index (χ0) is 9.84. The SMILES string of the molecule is C#CC(C)NC(C)c1scnc1C. The van der Waals surface area contributed by atoms with Crippen LogP contribution in [0, 0.1) is 19.3 Å². The largest absolute Gasteiger partial charge is 0.296 e. The van der Waals surface area contributed by atoms with E-state index in [2.05, 4.69) is 23.1 Å². The maximum Gasteiger partial charge on any atom is 0.0798 e. The predicted octanol–water partition coefficient (Wildman–Crippen LogP) is 2.12. The fraction of sp³-hybridized carbons (Fsp3) is 0.500. The first kappa shape index (κ1) is 10.2. The Balaban J connectivity index is 2.65. The quantitative estimate of drug-likeness (QED) is 0.746. The van der Waals surface area contributed by atoms with Crippen molar-refractivity contribution in [2.45, 2.75) is 32.9 Å². The van der Waals surface area contributed by atoms with Gasteiger partial charge in [-0.1, -0.05) is 5.92 Å². The lowest BCUT2D eigenvalue weighted by Gasteiger charge is -2.14. The lowest BCUT2D eigenvalue weighted by atomic mass is 10.2. The number of rotatable bonds is 3. The minimum atomic E-state index is 0.108. The molecular weight excluding hydrogens is 180 g/mol. The van der Waals surface area contributed by atoms with Crippen LogP contribution in [0.2, 0.25) is 0 Å². The highest BCUT2D eigenvalue weighted by Crippen LogP contribution is 2.21. The number of terminal acetylenes is 1. The van der Waals surface area contributed by atoms with Crippen LogP contribution in [0.3, 0.4) is 0 Å². The van der Waals surface area contributed by atoms with E-state index in [0.717, 1.165) is 5.69 Å². The molecule has 0 spiro atoms. The van der Waals surface area contributed by atoms with Crippen molar-refractivity contribution in [3.63, 3.8) is 0 Å². The van der Waals surface area contributed by atoms with Crippen molar-refractivity contribution in [2.75, 3.05) is 0 Å². The van der Waals surface area contributed by atoms with E-state index >= 15 is 0 Å². The van der Waals surface area contributed by atoms with Gasteiger partial charge in [0.15, 0.2) is 0 Å². The van der Waals surface area contributed by atoms with Crippen molar-refractivity contribution in [1.82, 2.24) is 10.3 Å². The number of thiazole rings is 1. The summed E-state index contributed by atoms with van der Waals surface area (Å²) in [5.74, 6) is 2.65. The van der Waals surface area contributed by atoms with Crippen LogP contribution in [0.5, 0.6) is 0 Å². The third kappa shape index (κ3) is 2.55. The van der Waals surface area contributed by atoms with Crippen molar-refractivity contribution < 1.29 is 0 Å². The van der Waals surface area contributed by atoms with Gasteiger partial charge < -0.3 is 0 Å². The van der Waals surface area contributed by atoms with Crippen LogP contribution in [0.15, 0.2) is 5.51 Å². The van der Waals surface area contributed by atoms with Gasteiger partial charge in [-0.2, -0.15) is 0 Å². The molecule has 0 aliphatic carbocycles. The van der Waals surface area contributed by atoms with E-state index in [1.54, 1.807) is 11.3 Å². The molecule has 1 N–H and O–H groups in total. The van der Waals surface area contributed by atoms with E-state index in [1.807, 2.05) is 19.4 Å². The van der Waals surface area contributed by atoms with E-state index in [-0.39, 0.29) is 6.04 Å². The standard InChI is InChI=1S/C10H14N2S/c1-5-7(2)12-9(4)10-8(3)11-6-13-10/h1,6-7,9,12H,2-4H3. The van der Waals surface area contributed by atoms with Gasteiger partial charge in [-0.25, -0.2) is 4.98 Å². The molecule has 3 heteroatoms. The Bertz CT molecular complexity index is 311. The Labute approximate surface area is 83.4 Å². The molecule has 0 aromatic carbocycles. The summed E-state index contributed by atoms with van der Waals surface area (Å²) in [4.78, 5) is 5.46. The van der Waals surface area contributed by atoms with Crippen LogP contribution in [-0.2, 0) is 0 Å². The number of nitrogens with one attached hydrogen (secondary N) is 1. The molecule has 0 amide bonds. The van der Waals surface area contributed by atoms with Gasteiger partial charge in [-0.05, 0) is 20.8 Å². The number of hydrogen-bond acceptors (Lipinski definition) is 3. The van der Waals surface area contributed by atoms with Gasteiger partial charge in [-0.3, -0.25) is 5.32 Å². The van der Waals surface area contributed by atoms with E-state index in [1.165, 1.54) is 4.88 Å². The maximum atomic E-state index is 5.29. The highest BCUT2D eigenvalue weighted by molar-refractivity contribution is 7.09. The average molecular weight is 194 g/mol. The molecule has 2 unspecified atom stereocenters. The Morgan fingerprint density at radius 1 is 1.62 bits per heavy atom. The summed E-state index contributed by atoms with van der Waals surface area (Å²) in [7, 11) is 0. The summed E-state index contributed by atoms with van der Waals surface area (Å²) in [6.45, 7) is 6.10. The van der Waals surface area contributed by atoms with Crippen LogP contribution in [0.1, 0.15) is 30.5 Å². The summed E-state index contributed by atoms with van der Waals surface area (Å²) in [6.07, 6.45) is 5.29. The first-order valence-electron chi connectivity index (χ1n) is 4.27. The highest BCUT2D eigenvalue weighted by Gasteiger charge is 2.11. The third-order valence-electron chi connectivity index (χ3n) is 1.93. The molecule has 0 bridgehead atoms. The minimum Gasteiger partial charge on any atom is -0.296 e. The van der Waals surface area contributed by atoms with E-state index in [0.29, 0.717) is 6.04 Å². The number of hydrogen-bond donors (Lipinski definition) is 1. The lowest BCUT2D eigenvalue weighted by Crippen LogP contribution is -2.27. The monoisotopic (exact) mass is 194 g/mol. The van der Waals surface area contributed by atoms with Gasteiger partial charge in [0.1, 0.15) is 0 Å². The zero-order valence-electron chi connectivity index (χ0n) is 8.16. The molecule has 0 aliphatic rings. The molecule has 2 nitrogen and oxygen atoms in total. The summed E-state index contributed by atoms with van der Waals surface area (Å²) in [5, 5.41) is 3.31. The van der Waals surface area contributed by atoms with Crippen LogP contribution < -0.4 is 5.32 Å². The van der Waals surface area contributed by atoms with Crippen LogP contribution in [0.4, 0.5) is 0 Å². The summed E-state index contributed by atoms with van der Waals surface area (Å²) >= 11 is 1.67. The summed E-state index contributed by atoms with van der Waals surface area (Å²) in [5.41, 5.74) is 2.96. The van der Waals surface area contributed by atoms with Crippen LogP contribution >= 0.6 is 11.3 Å². The Morgan fingerprint density at radius 2 is 2.31 bits per heavy atom. The van der Waals surface area contributed by atoms with Gasteiger partial charge in [0, 0.05) is 10.9 Å². The Morgan fingerprint density at radius 3 is 2.77 bits per heavy atom. The molecule has 1 aromatic heterocycles. The number of aryl methyl sites for hydroxylation is 1. The predicted molar refractivity (Wildman–Crippen MR) is 56.7 cm³/mol. The molecule has 0 saturated heterocycles. The van der Waals surface area contributed by atoms with Gasteiger partial charge in [0.25, 0.3) is 0 Å². The zero-order valence-corrected chi connectivity index (χ0v) is 8.98. The van der Waals surface area contributed by atoms with Crippen molar-refractivity contribution in [3.8, 4) is 12.3 Å². The van der Waals surface area contributed by atoms with Gasteiger partial charge in [-0.15, -0.1) is 17.8 Å². The molecule has 70 valence electrons. The minimum absolute atomic E-state index is 0.108. The Hall–Kier alpha value is -0.850. The number of nitrogens with zero attached hydrogens (tertiary/aromatic N) is 1. The van der Waals surface area contributed by atoms with Gasteiger partial charge >= 0.3 is 0 Å². The molecule has 0 radical (unpaired) electrons. The fourth-order valence-corrected chi connectivity index (χ4v) is 2.05. The summed E-state index contributed by atoms with van der Waals surface area (Å²) in [6, 6.07) is 0.398. The second-order valence-electron chi connectivity index (χ2n) is 3.08. The molecule has 0 aliphatic heterocycles. The van der Waals surface area contributed by atoms with E-state index in [4.69, 9.17) is 6.42 Å². The fourth-order valence-electron chi connectivity index (χ4n) is 1.23. The van der Waals surface area contributed by atoms with Crippen molar-refractivity contribution in [2.24, 2.45) is 0 Å². The van der Waals surface area contributed by atoms with E-state index in [9.17, 15) is 0 Å². The molecule has 0 saturated carbocycles. The van der Waals surface area contributed by atoms with Gasteiger partial charge in [0.05, 0.1) is 17.2 Å². The number of aromatic nitrogens is 1. The highest BCUT2D eigenvalue weighted by atomic mass is 32.1. The normalized spacial score (nSPS) is 14.9. The molecule has 2 atom stereocenters. The average Bonchev–Trinajstić information content (AvgIpc) is 2.51. The Kier molecular flexibility index (Phi) is 3.47. The summed E-state index contributed by atoms with van der Waals surface area (Å²) < 4.78 is 0. The first-order chi connectivity index (χ1) is 6.15. The van der Waals surface area contributed by atoms with E-state index < -0.39 is 0 Å². The third-order valence-corrected chi connectivity index (χ3v) is 3.04. The van der Waals surface area contributed by atoms with Crippen LogP contribution in [0.25, 0.3) is 0 Å². The van der Waals surface area contributed by atoms with Crippen molar-refractivity contribution in [3.05, 3.63) is 16.1 Å². The van der Waals surface area contributed by atoms with Crippen LogP contribution in [-0.4, -0.2) is 11.0 Å². The molecule has 1 rings (SSSR count). The lowest BCUT2D eigenvalue weighted by molar-refractivity contribution is 0.550. The smallest absolute Gasteiger partial charge is 0.0798 e. The van der Waals surface area contributed by atoms with Crippen molar-refractivity contribution in [1.29, 1.82) is 0 Å². The first-order valence-corrected chi connectivity index (χ1v) is 5.15. The molecular formula is C10H14N2S. The molecule has 0 fully saturated rings. The second-order valence-corrected chi connectivity index (χ2v) is 3.97. The topological polar surface area (TPSA) is 24.9 Å². The van der Waals surface area contributed by atoms with Gasteiger partial charge in [0.2, 0.25) is 0 Å². The molecule has 1 aromatic rings.